The predicted octanol–water partition coefficient (Wildman–Crippen LogP) is 4.50. The highest BCUT2D eigenvalue weighted by Gasteiger charge is 2.57. The number of fused-ring (bicyclic) bond motifs is 3. The van der Waals surface area contributed by atoms with Crippen LogP contribution in [0.5, 0.6) is 0 Å². The van der Waals surface area contributed by atoms with E-state index >= 15 is 0 Å². The van der Waals surface area contributed by atoms with Crippen LogP contribution in [0.2, 0.25) is 5.15 Å². The van der Waals surface area contributed by atoms with Crippen LogP contribution in [0.3, 0.4) is 0 Å². The zero-order valence-corrected chi connectivity index (χ0v) is 14.5. The summed E-state index contributed by atoms with van der Waals surface area (Å²) in [6.07, 6.45) is -4.53. The van der Waals surface area contributed by atoms with Gasteiger partial charge in [-0.1, -0.05) is 17.7 Å². The fourth-order valence-corrected chi connectivity index (χ4v) is 3.07. The maximum atomic E-state index is 13.7. The van der Waals surface area contributed by atoms with Gasteiger partial charge in [0.25, 0.3) is 0 Å². The fourth-order valence-electron chi connectivity index (χ4n) is 2.84. The Balaban J connectivity index is 2.26. The first kappa shape index (κ1) is 18.8. The second kappa shape index (κ2) is 6.31. The first-order valence-electron chi connectivity index (χ1n) is 7.52. The van der Waals surface area contributed by atoms with Gasteiger partial charge < -0.3 is 9.47 Å². The van der Waals surface area contributed by atoms with Crippen molar-refractivity contribution in [1.29, 1.82) is 0 Å². The zero-order valence-electron chi connectivity index (χ0n) is 13.8. The van der Waals surface area contributed by atoms with E-state index in [-0.39, 0.29) is 21.7 Å². The van der Waals surface area contributed by atoms with Crippen LogP contribution in [-0.2, 0) is 13.1 Å². The molecule has 0 amide bonds. The molecule has 0 spiro atoms. The zero-order chi connectivity index (χ0) is 19.3. The SMILES string of the molecule is CN(C)Cc1ccc2c(c1)c1ncnc(Cl)c1n2CC(F)(F)C(F)(F)F. The second-order valence-electron chi connectivity index (χ2n) is 6.24. The molecule has 0 bridgehead atoms. The van der Waals surface area contributed by atoms with Crippen molar-refractivity contribution < 1.29 is 22.0 Å². The van der Waals surface area contributed by atoms with Crippen LogP contribution in [-0.4, -0.2) is 45.6 Å². The quantitative estimate of drug-likeness (QED) is 0.484. The van der Waals surface area contributed by atoms with E-state index in [1.165, 1.54) is 6.07 Å². The molecule has 10 heteroatoms. The van der Waals surface area contributed by atoms with Gasteiger partial charge in [-0.05, 0) is 31.8 Å². The summed E-state index contributed by atoms with van der Waals surface area (Å²) >= 11 is 5.99. The van der Waals surface area contributed by atoms with Crippen LogP contribution in [0.25, 0.3) is 21.9 Å². The van der Waals surface area contributed by atoms with Crippen LogP contribution in [0, 0.1) is 0 Å². The Labute approximate surface area is 150 Å². The summed E-state index contributed by atoms with van der Waals surface area (Å²) < 4.78 is 66.3. The van der Waals surface area contributed by atoms with E-state index in [4.69, 9.17) is 11.6 Å². The van der Waals surface area contributed by atoms with Gasteiger partial charge in [-0.3, -0.25) is 0 Å². The van der Waals surface area contributed by atoms with E-state index < -0.39 is 18.6 Å². The Bertz CT molecular complexity index is 965. The number of hydrogen-bond acceptors (Lipinski definition) is 3. The number of halogens is 6. The van der Waals surface area contributed by atoms with Crippen molar-refractivity contribution in [2.24, 2.45) is 0 Å². The highest BCUT2D eigenvalue weighted by atomic mass is 35.5. The van der Waals surface area contributed by atoms with E-state index in [0.717, 1.165) is 16.5 Å². The minimum Gasteiger partial charge on any atom is -0.330 e. The maximum Gasteiger partial charge on any atom is 0.455 e. The highest BCUT2D eigenvalue weighted by molar-refractivity contribution is 6.34. The normalized spacial score (nSPS) is 13.3. The average molecular weight is 393 g/mol. The number of aromatic nitrogens is 3. The molecule has 0 aliphatic rings. The topological polar surface area (TPSA) is 34.0 Å². The molecular formula is C16H14ClF5N4. The molecule has 0 atom stereocenters. The number of nitrogens with zero attached hydrogens (tertiary/aromatic N) is 4. The van der Waals surface area contributed by atoms with Crippen LogP contribution in [0.15, 0.2) is 24.5 Å². The third-order valence-electron chi connectivity index (χ3n) is 3.92. The molecule has 3 rings (SSSR count). The second-order valence-corrected chi connectivity index (χ2v) is 6.60. The molecular weight excluding hydrogens is 379 g/mol. The fraction of sp³-hybridized carbons (Fsp3) is 0.375. The summed E-state index contributed by atoms with van der Waals surface area (Å²) in [5.74, 6) is -4.92. The third-order valence-corrected chi connectivity index (χ3v) is 4.20. The molecule has 0 N–H and O–H groups in total. The van der Waals surface area contributed by atoms with Gasteiger partial charge >= 0.3 is 12.1 Å². The monoisotopic (exact) mass is 392 g/mol. The van der Waals surface area contributed by atoms with Gasteiger partial charge in [0, 0.05) is 11.9 Å². The predicted molar refractivity (Wildman–Crippen MR) is 88.4 cm³/mol. The molecule has 0 aliphatic heterocycles. The van der Waals surface area contributed by atoms with Gasteiger partial charge in [-0.15, -0.1) is 0 Å². The number of hydrogen-bond donors (Lipinski definition) is 0. The largest absolute Gasteiger partial charge is 0.455 e. The van der Waals surface area contributed by atoms with Crippen LogP contribution < -0.4 is 0 Å². The molecule has 2 aromatic heterocycles. The van der Waals surface area contributed by atoms with E-state index in [9.17, 15) is 22.0 Å². The van der Waals surface area contributed by atoms with Gasteiger partial charge in [0.15, 0.2) is 5.15 Å². The number of benzene rings is 1. The summed E-state index contributed by atoms with van der Waals surface area (Å²) in [7, 11) is 3.72. The molecule has 26 heavy (non-hydrogen) atoms. The summed E-state index contributed by atoms with van der Waals surface area (Å²) in [6.45, 7) is -1.03. The van der Waals surface area contributed by atoms with E-state index in [1.807, 2.05) is 19.0 Å². The lowest BCUT2D eigenvalue weighted by Gasteiger charge is -2.21. The van der Waals surface area contributed by atoms with Gasteiger partial charge in [-0.2, -0.15) is 22.0 Å². The third kappa shape index (κ3) is 3.21. The lowest BCUT2D eigenvalue weighted by atomic mass is 10.1. The van der Waals surface area contributed by atoms with Crippen molar-refractivity contribution in [3.8, 4) is 0 Å². The molecule has 0 aliphatic carbocycles. The Kier molecular flexibility index (Phi) is 4.56. The van der Waals surface area contributed by atoms with Crippen molar-refractivity contribution in [1.82, 2.24) is 19.4 Å². The summed E-state index contributed by atoms with van der Waals surface area (Å²) in [6, 6.07) is 4.88. The lowest BCUT2D eigenvalue weighted by Crippen LogP contribution is -2.40. The Morgan fingerprint density at radius 3 is 2.42 bits per heavy atom. The van der Waals surface area contributed by atoms with Gasteiger partial charge in [0.05, 0.1) is 12.1 Å². The molecule has 4 nitrogen and oxygen atoms in total. The Morgan fingerprint density at radius 2 is 1.81 bits per heavy atom. The molecule has 0 unspecified atom stereocenters. The smallest absolute Gasteiger partial charge is 0.330 e. The van der Waals surface area contributed by atoms with Crippen molar-refractivity contribution in [3.05, 3.63) is 35.2 Å². The molecule has 0 saturated carbocycles. The Morgan fingerprint density at radius 1 is 1.12 bits per heavy atom. The van der Waals surface area contributed by atoms with Crippen molar-refractivity contribution >= 4 is 33.5 Å². The molecule has 0 saturated heterocycles. The first-order valence-corrected chi connectivity index (χ1v) is 7.89. The van der Waals surface area contributed by atoms with E-state index in [1.54, 1.807) is 12.1 Å². The molecule has 0 radical (unpaired) electrons. The van der Waals surface area contributed by atoms with Crippen LogP contribution in [0.4, 0.5) is 22.0 Å². The molecule has 1 aromatic carbocycles. The van der Waals surface area contributed by atoms with Gasteiger partial charge in [0.2, 0.25) is 0 Å². The van der Waals surface area contributed by atoms with Crippen molar-refractivity contribution in [3.63, 3.8) is 0 Å². The minimum atomic E-state index is -5.68. The maximum absolute atomic E-state index is 13.7. The van der Waals surface area contributed by atoms with E-state index in [0.29, 0.717) is 11.9 Å². The highest BCUT2D eigenvalue weighted by Crippen LogP contribution is 2.40. The minimum absolute atomic E-state index is 0.0462. The van der Waals surface area contributed by atoms with Crippen molar-refractivity contribution in [2.75, 3.05) is 14.1 Å². The molecule has 2 heterocycles. The van der Waals surface area contributed by atoms with Crippen LogP contribution in [0.1, 0.15) is 5.56 Å². The van der Waals surface area contributed by atoms with Gasteiger partial charge in [0.1, 0.15) is 17.4 Å². The molecule has 0 fully saturated rings. The van der Waals surface area contributed by atoms with Crippen LogP contribution >= 0.6 is 11.6 Å². The molecule has 140 valence electrons. The average Bonchev–Trinajstić information content (AvgIpc) is 2.80. The number of alkyl halides is 5. The standard InChI is InChI=1S/C16H14ClF5N4/c1-25(2)6-9-3-4-11-10(5-9)12-13(14(17)24-8-23-12)26(11)7-15(18,19)16(20,21)22/h3-5,8H,6-7H2,1-2H3. The number of rotatable bonds is 4. The molecule has 3 aromatic rings. The van der Waals surface area contributed by atoms with Gasteiger partial charge in [-0.25, -0.2) is 9.97 Å². The summed E-state index contributed by atoms with van der Waals surface area (Å²) in [5.41, 5.74) is 1.24. The summed E-state index contributed by atoms with van der Waals surface area (Å²) in [5, 5.41) is 0.264. The first-order chi connectivity index (χ1) is 12.0. The Hall–Kier alpha value is -2.00. The van der Waals surface area contributed by atoms with Crippen molar-refractivity contribution in [2.45, 2.75) is 25.2 Å². The van der Waals surface area contributed by atoms with E-state index in [2.05, 4.69) is 9.97 Å². The summed E-state index contributed by atoms with van der Waals surface area (Å²) in [4.78, 5) is 9.68. The lowest BCUT2D eigenvalue weighted by molar-refractivity contribution is -0.286.